The lowest BCUT2D eigenvalue weighted by molar-refractivity contribution is 0.548. The van der Waals surface area contributed by atoms with E-state index >= 15 is 0 Å². The summed E-state index contributed by atoms with van der Waals surface area (Å²) in [6.45, 7) is 6.26. The molecule has 0 bridgehead atoms. The van der Waals surface area contributed by atoms with E-state index in [1.165, 1.54) is 12.8 Å². The van der Waals surface area contributed by atoms with Crippen molar-refractivity contribution in [3.8, 4) is 0 Å². The molecule has 0 aromatic carbocycles. The van der Waals surface area contributed by atoms with Gasteiger partial charge in [0.15, 0.2) is 5.84 Å². The second-order valence-corrected chi connectivity index (χ2v) is 3.82. The molecule has 0 saturated carbocycles. The molecule has 16 heavy (non-hydrogen) atoms. The Balaban J connectivity index is 2.27. The first-order chi connectivity index (χ1) is 7.86. The quantitative estimate of drug-likeness (QED) is 0.566. The largest absolute Gasteiger partial charge is 0.370 e. The molecule has 0 fully saturated rings. The predicted molar refractivity (Wildman–Crippen MR) is 66.6 cm³/mol. The lowest BCUT2D eigenvalue weighted by Crippen LogP contribution is -2.38. The zero-order valence-electron chi connectivity index (χ0n) is 10.2. The maximum atomic E-state index is 3.98. The first-order valence-corrected chi connectivity index (χ1v) is 6.10. The second kappa shape index (κ2) is 7.84. The van der Waals surface area contributed by atoms with Gasteiger partial charge in [-0.3, -0.25) is 0 Å². The third-order valence-electron chi connectivity index (χ3n) is 2.29. The van der Waals surface area contributed by atoms with Crippen LogP contribution in [0.4, 0.5) is 0 Å². The first kappa shape index (κ1) is 12.7. The van der Waals surface area contributed by atoms with Gasteiger partial charge in [-0.05, 0) is 12.8 Å². The van der Waals surface area contributed by atoms with Gasteiger partial charge in [-0.2, -0.15) is 0 Å². The van der Waals surface area contributed by atoms with Crippen molar-refractivity contribution in [2.24, 2.45) is 5.10 Å². The fourth-order valence-corrected chi connectivity index (χ4v) is 1.30. The lowest BCUT2D eigenvalue weighted by atomic mass is 10.3. The molecule has 1 aliphatic heterocycles. The number of amidine groups is 1. The van der Waals surface area contributed by atoms with Crippen molar-refractivity contribution in [2.45, 2.75) is 39.5 Å². The normalized spacial score (nSPS) is 14.4. The van der Waals surface area contributed by atoms with Crippen LogP contribution in [0.5, 0.6) is 0 Å². The summed E-state index contributed by atoms with van der Waals surface area (Å²) in [5, 5.41) is 10.5. The van der Waals surface area contributed by atoms with Gasteiger partial charge in [0.05, 0.1) is 0 Å². The summed E-state index contributed by atoms with van der Waals surface area (Å²) in [5.74, 6) is 1.74. The zero-order chi connectivity index (χ0) is 11.6. The average Bonchev–Trinajstić information content (AvgIpc) is 2.30. The summed E-state index contributed by atoms with van der Waals surface area (Å²) < 4.78 is 0. The molecule has 1 radical (unpaired) electrons. The molecule has 1 rings (SSSR count). The standard InChI is InChI=1S/C11H22N5/c1-3-5-7-12-10-9-11(15-16-14-10)13-8-6-4-2/h9,12,14H,3-8H2,1-2H3,(H,13,15). The molecule has 1 aliphatic rings. The molecule has 0 atom stereocenters. The van der Waals surface area contributed by atoms with Crippen molar-refractivity contribution in [2.75, 3.05) is 13.1 Å². The van der Waals surface area contributed by atoms with E-state index < -0.39 is 0 Å². The van der Waals surface area contributed by atoms with Crippen LogP contribution in [0.15, 0.2) is 17.0 Å². The maximum Gasteiger partial charge on any atom is 0.154 e. The van der Waals surface area contributed by atoms with Crippen LogP contribution in [0.2, 0.25) is 0 Å². The molecular weight excluding hydrogens is 202 g/mol. The summed E-state index contributed by atoms with van der Waals surface area (Å²) in [6, 6.07) is 0. The van der Waals surface area contributed by atoms with Crippen molar-refractivity contribution in [1.29, 1.82) is 0 Å². The Morgan fingerprint density at radius 1 is 1.12 bits per heavy atom. The minimum atomic E-state index is 0.825. The van der Waals surface area contributed by atoms with E-state index in [2.05, 4.69) is 40.5 Å². The number of nitrogens with one attached hydrogen (secondary N) is 3. The molecular formula is C11H22N5. The van der Waals surface area contributed by atoms with Crippen LogP contribution < -0.4 is 21.6 Å². The molecule has 3 N–H and O–H groups in total. The van der Waals surface area contributed by atoms with E-state index in [9.17, 15) is 0 Å². The van der Waals surface area contributed by atoms with Crippen molar-refractivity contribution in [1.82, 2.24) is 21.6 Å². The van der Waals surface area contributed by atoms with Crippen LogP contribution in [-0.4, -0.2) is 18.9 Å². The average molecular weight is 224 g/mol. The summed E-state index contributed by atoms with van der Waals surface area (Å²) in [5.41, 5.74) is 6.69. The van der Waals surface area contributed by atoms with Crippen LogP contribution in [0.1, 0.15) is 39.5 Å². The SMILES string of the molecule is CCCCNC1=CC(NCCCC)=N[N]N1. The fraction of sp³-hybridized carbons (Fsp3) is 0.727. The van der Waals surface area contributed by atoms with E-state index in [1.54, 1.807) is 0 Å². The smallest absolute Gasteiger partial charge is 0.154 e. The number of hydrogen-bond acceptors (Lipinski definition) is 4. The Bertz CT molecular complexity index is 247. The van der Waals surface area contributed by atoms with Gasteiger partial charge in [0.2, 0.25) is 0 Å². The molecule has 0 spiro atoms. The predicted octanol–water partition coefficient (Wildman–Crippen LogP) is 1.04. The summed E-state index contributed by atoms with van der Waals surface area (Å²) in [6.07, 6.45) is 6.64. The molecule has 0 aromatic rings. The Morgan fingerprint density at radius 3 is 2.50 bits per heavy atom. The molecule has 1 heterocycles. The Hall–Kier alpha value is -1.39. The molecule has 5 nitrogen and oxygen atoms in total. The Labute approximate surface area is 97.7 Å². The molecule has 91 valence electrons. The van der Waals surface area contributed by atoms with E-state index in [1.807, 2.05) is 6.08 Å². The summed E-state index contributed by atoms with van der Waals surface area (Å²) >= 11 is 0. The third-order valence-corrected chi connectivity index (χ3v) is 2.29. The Kier molecular flexibility index (Phi) is 6.22. The van der Waals surface area contributed by atoms with Crippen LogP contribution in [0.25, 0.3) is 0 Å². The highest BCUT2D eigenvalue weighted by molar-refractivity contribution is 5.93. The van der Waals surface area contributed by atoms with Gasteiger partial charge >= 0.3 is 0 Å². The van der Waals surface area contributed by atoms with Gasteiger partial charge in [-0.1, -0.05) is 32.2 Å². The van der Waals surface area contributed by atoms with Crippen molar-refractivity contribution >= 4 is 5.84 Å². The van der Waals surface area contributed by atoms with Gasteiger partial charge in [0, 0.05) is 19.2 Å². The van der Waals surface area contributed by atoms with Gasteiger partial charge in [0.25, 0.3) is 0 Å². The highest BCUT2D eigenvalue weighted by Crippen LogP contribution is 1.93. The Morgan fingerprint density at radius 2 is 1.81 bits per heavy atom. The number of unbranched alkanes of at least 4 members (excludes halogenated alkanes) is 2. The molecule has 0 aliphatic carbocycles. The molecule has 0 unspecified atom stereocenters. The van der Waals surface area contributed by atoms with Crippen molar-refractivity contribution in [3.63, 3.8) is 0 Å². The van der Waals surface area contributed by atoms with E-state index in [0.717, 1.165) is 37.6 Å². The van der Waals surface area contributed by atoms with Gasteiger partial charge in [0.1, 0.15) is 5.82 Å². The third kappa shape index (κ3) is 4.91. The lowest BCUT2D eigenvalue weighted by Gasteiger charge is -2.16. The number of nitrogens with zero attached hydrogens (tertiary/aromatic N) is 2. The van der Waals surface area contributed by atoms with E-state index in [0.29, 0.717) is 0 Å². The fourth-order valence-electron chi connectivity index (χ4n) is 1.30. The van der Waals surface area contributed by atoms with Crippen LogP contribution >= 0.6 is 0 Å². The summed E-state index contributed by atoms with van der Waals surface area (Å²) in [4.78, 5) is 0. The number of hydrogen-bond donors (Lipinski definition) is 3. The number of rotatable bonds is 7. The van der Waals surface area contributed by atoms with Crippen molar-refractivity contribution in [3.05, 3.63) is 11.9 Å². The van der Waals surface area contributed by atoms with Crippen molar-refractivity contribution < 1.29 is 0 Å². The van der Waals surface area contributed by atoms with E-state index in [4.69, 9.17) is 0 Å². The van der Waals surface area contributed by atoms with Gasteiger partial charge in [-0.25, -0.2) is 5.43 Å². The summed E-state index contributed by atoms with van der Waals surface area (Å²) in [7, 11) is 0. The zero-order valence-corrected chi connectivity index (χ0v) is 10.2. The topological polar surface area (TPSA) is 62.6 Å². The molecule has 0 amide bonds. The highest BCUT2D eigenvalue weighted by Gasteiger charge is 2.05. The van der Waals surface area contributed by atoms with Crippen LogP contribution in [-0.2, 0) is 0 Å². The molecule has 0 saturated heterocycles. The molecule has 5 heteroatoms. The van der Waals surface area contributed by atoms with E-state index in [-0.39, 0.29) is 0 Å². The first-order valence-electron chi connectivity index (χ1n) is 6.10. The van der Waals surface area contributed by atoms with Crippen LogP contribution in [0.3, 0.4) is 0 Å². The maximum absolute atomic E-state index is 3.98. The minimum absolute atomic E-state index is 0.825. The highest BCUT2D eigenvalue weighted by atomic mass is 15.6. The second-order valence-electron chi connectivity index (χ2n) is 3.82. The van der Waals surface area contributed by atoms with Gasteiger partial charge in [-0.15, -0.1) is 5.10 Å². The molecule has 0 aromatic heterocycles. The monoisotopic (exact) mass is 224 g/mol. The minimum Gasteiger partial charge on any atom is -0.370 e. The van der Waals surface area contributed by atoms with Gasteiger partial charge < -0.3 is 10.6 Å². The van der Waals surface area contributed by atoms with Crippen LogP contribution in [0, 0.1) is 0 Å².